The first-order chi connectivity index (χ1) is 11.4. The van der Waals surface area contributed by atoms with Gasteiger partial charge in [-0.15, -0.1) is 0 Å². The van der Waals surface area contributed by atoms with Crippen LogP contribution in [0.5, 0.6) is 11.6 Å². The molecule has 24 heavy (non-hydrogen) atoms. The summed E-state index contributed by atoms with van der Waals surface area (Å²) in [5.41, 5.74) is 2.94. The number of benzene rings is 1. The smallest absolute Gasteiger partial charge is 0.258 e. The van der Waals surface area contributed by atoms with Gasteiger partial charge in [-0.25, -0.2) is 4.68 Å². The third-order valence-corrected chi connectivity index (χ3v) is 3.86. The fourth-order valence-corrected chi connectivity index (χ4v) is 2.48. The minimum absolute atomic E-state index is 0.0251. The maximum atomic E-state index is 12.0. The Hall–Kier alpha value is -2.50. The van der Waals surface area contributed by atoms with Crippen molar-refractivity contribution < 1.29 is 14.3 Å². The van der Waals surface area contributed by atoms with E-state index in [0.717, 1.165) is 11.3 Å². The lowest BCUT2D eigenvalue weighted by Crippen LogP contribution is -2.28. The van der Waals surface area contributed by atoms with E-state index in [0.29, 0.717) is 24.1 Å². The lowest BCUT2D eigenvalue weighted by atomic mass is 10.0. The van der Waals surface area contributed by atoms with Crippen LogP contribution in [0.25, 0.3) is 0 Å². The summed E-state index contributed by atoms with van der Waals surface area (Å²) in [7, 11) is 3.40. The minimum Gasteiger partial charge on any atom is -0.484 e. The Balaban J connectivity index is 1.86. The molecule has 0 spiro atoms. The number of hydrogen-bond donors (Lipinski definition) is 1. The van der Waals surface area contributed by atoms with Crippen LogP contribution in [-0.2, 0) is 18.4 Å². The highest BCUT2D eigenvalue weighted by molar-refractivity contribution is 5.77. The maximum absolute atomic E-state index is 12.0. The van der Waals surface area contributed by atoms with Gasteiger partial charge in [-0.3, -0.25) is 4.79 Å². The van der Waals surface area contributed by atoms with Gasteiger partial charge in [0, 0.05) is 7.05 Å². The molecule has 0 unspecified atom stereocenters. The van der Waals surface area contributed by atoms with Crippen LogP contribution in [0.1, 0.15) is 36.6 Å². The van der Waals surface area contributed by atoms with Crippen LogP contribution in [0, 0.1) is 6.92 Å². The van der Waals surface area contributed by atoms with Crippen molar-refractivity contribution >= 4 is 5.91 Å². The molecule has 0 aliphatic heterocycles. The van der Waals surface area contributed by atoms with Gasteiger partial charge in [-0.05, 0) is 30.5 Å². The Morgan fingerprint density at radius 1 is 1.29 bits per heavy atom. The summed E-state index contributed by atoms with van der Waals surface area (Å²) in [6.07, 6.45) is 0. The highest BCUT2D eigenvalue weighted by Gasteiger charge is 2.14. The van der Waals surface area contributed by atoms with E-state index in [1.165, 1.54) is 5.56 Å². The first-order valence-corrected chi connectivity index (χ1v) is 7.98. The summed E-state index contributed by atoms with van der Waals surface area (Å²) in [5, 5.41) is 7.12. The van der Waals surface area contributed by atoms with Crippen LogP contribution in [0.3, 0.4) is 0 Å². The topological polar surface area (TPSA) is 65.4 Å². The molecule has 1 aromatic heterocycles. The molecule has 2 rings (SSSR count). The van der Waals surface area contributed by atoms with Crippen molar-refractivity contribution in [3.63, 3.8) is 0 Å². The number of aryl methyl sites for hydroxylation is 2. The zero-order chi connectivity index (χ0) is 17.7. The minimum atomic E-state index is -0.187. The Morgan fingerprint density at radius 3 is 2.54 bits per heavy atom. The third kappa shape index (κ3) is 4.28. The maximum Gasteiger partial charge on any atom is 0.258 e. The molecule has 1 aromatic carbocycles. The predicted molar refractivity (Wildman–Crippen MR) is 92.4 cm³/mol. The van der Waals surface area contributed by atoms with E-state index in [4.69, 9.17) is 9.47 Å². The van der Waals surface area contributed by atoms with Gasteiger partial charge in [0.15, 0.2) is 6.61 Å². The lowest BCUT2D eigenvalue weighted by molar-refractivity contribution is -0.123. The molecule has 0 atom stereocenters. The first-order valence-electron chi connectivity index (χ1n) is 7.98. The SMILES string of the molecule is COc1c(CNC(=O)COc2ccc(C(C)C)cc2)c(C)nn1C. The molecule has 0 aliphatic rings. The number of rotatable bonds is 7. The van der Waals surface area contributed by atoms with Crippen molar-refractivity contribution in [3.05, 3.63) is 41.1 Å². The Labute approximate surface area is 142 Å². The van der Waals surface area contributed by atoms with Crippen molar-refractivity contribution in [2.75, 3.05) is 13.7 Å². The van der Waals surface area contributed by atoms with Gasteiger partial charge in [0.2, 0.25) is 5.88 Å². The summed E-state index contributed by atoms with van der Waals surface area (Å²) < 4.78 is 12.5. The van der Waals surface area contributed by atoms with Crippen molar-refractivity contribution in [2.24, 2.45) is 7.05 Å². The van der Waals surface area contributed by atoms with Crippen LogP contribution >= 0.6 is 0 Å². The van der Waals surface area contributed by atoms with E-state index in [1.54, 1.807) is 18.8 Å². The number of ether oxygens (including phenoxy) is 2. The first kappa shape index (κ1) is 17.8. The summed E-state index contributed by atoms with van der Waals surface area (Å²) in [6, 6.07) is 7.80. The molecule has 1 N–H and O–H groups in total. The molecule has 130 valence electrons. The summed E-state index contributed by atoms with van der Waals surface area (Å²) in [4.78, 5) is 12.0. The molecule has 6 nitrogen and oxygen atoms in total. The third-order valence-electron chi connectivity index (χ3n) is 3.86. The molecule has 0 radical (unpaired) electrons. The molecule has 1 amide bonds. The van der Waals surface area contributed by atoms with Gasteiger partial charge in [0.1, 0.15) is 5.75 Å². The highest BCUT2D eigenvalue weighted by Crippen LogP contribution is 2.20. The Bertz CT molecular complexity index is 690. The van der Waals surface area contributed by atoms with E-state index in [1.807, 2.05) is 31.2 Å². The second kappa shape index (κ2) is 7.86. The fraction of sp³-hybridized carbons (Fsp3) is 0.444. The van der Waals surface area contributed by atoms with Crippen molar-refractivity contribution in [1.29, 1.82) is 0 Å². The molecule has 0 saturated heterocycles. The molecule has 2 aromatic rings. The van der Waals surface area contributed by atoms with Crippen molar-refractivity contribution in [2.45, 2.75) is 33.2 Å². The standard InChI is InChI=1S/C18H25N3O3/c1-12(2)14-6-8-15(9-7-14)24-11-17(22)19-10-16-13(3)20-21(4)18(16)23-5/h6-9,12H,10-11H2,1-5H3,(H,19,22). The van der Waals surface area contributed by atoms with Crippen molar-refractivity contribution in [1.82, 2.24) is 15.1 Å². The Kier molecular flexibility index (Phi) is 5.84. The van der Waals surface area contributed by atoms with Gasteiger partial charge in [0.25, 0.3) is 5.91 Å². The van der Waals surface area contributed by atoms with E-state index in [9.17, 15) is 4.79 Å². The van der Waals surface area contributed by atoms with Gasteiger partial charge >= 0.3 is 0 Å². The summed E-state index contributed by atoms with van der Waals surface area (Å²) >= 11 is 0. The number of methoxy groups -OCH3 is 1. The number of nitrogens with zero attached hydrogens (tertiary/aromatic N) is 2. The summed E-state index contributed by atoms with van der Waals surface area (Å²) in [5.74, 6) is 1.62. The molecule has 0 bridgehead atoms. The number of nitrogens with one attached hydrogen (secondary N) is 1. The zero-order valence-corrected chi connectivity index (χ0v) is 14.9. The van der Waals surface area contributed by atoms with Crippen LogP contribution in [-0.4, -0.2) is 29.4 Å². The predicted octanol–water partition coefficient (Wildman–Crippen LogP) is 2.56. The molecular formula is C18H25N3O3. The number of amides is 1. The molecule has 0 fully saturated rings. The molecule has 1 heterocycles. The van der Waals surface area contributed by atoms with Crippen LogP contribution in [0.2, 0.25) is 0 Å². The average molecular weight is 331 g/mol. The van der Waals surface area contributed by atoms with Gasteiger partial charge < -0.3 is 14.8 Å². The van der Waals surface area contributed by atoms with Gasteiger partial charge in [0.05, 0.1) is 24.9 Å². The van der Waals surface area contributed by atoms with E-state index in [2.05, 4.69) is 24.3 Å². The summed E-state index contributed by atoms with van der Waals surface area (Å²) in [6.45, 7) is 6.49. The van der Waals surface area contributed by atoms with E-state index >= 15 is 0 Å². The second-order valence-corrected chi connectivity index (χ2v) is 5.99. The lowest BCUT2D eigenvalue weighted by Gasteiger charge is -2.10. The van der Waals surface area contributed by atoms with E-state index < -0.39 is 0 Å². The normalized spacial score (nSPS) is 10.8. The monoisotopic (exact) mass is 331 g/mol. The molecule has 6 heteroatoms. The Morgan fingerprint density at radius 2 is 1.96 bits per heavy atom. The number of aromatic nitrogens is 2. The molecule has 0 saturated carbocycles. The zero-order valence-electron chi connectivity index (χ0n) is 14.9. The molecule has 0 aliphatic carbocycles. The number of carbonyl (C=O) groups is 1. The number of hydrogen-bond acceptors (Lipinski definition) is 4. The van der Waals surface area contributed by atoms with Crippen LogP contribution in [0.15, 0.2) is 24.3 Å². The fourth-order valence-electron chi connectivity index (χ4n) is 2.48. The highest BCUT2D eigenvalue weighted by atomic mass is 16.5. The van der Waals surface area contributed by atoms with Crippen molar-refractivity contribution in [3.8, 4) is 11.6 Å². The average Bonchev–Trinajstić information content (AvgIpc) is 2.84. The largest absolute Gasteiger partial charge is 0.484 e. The van der Waals surface area contributed by atoms with Crippen LogP contribution in [0.4, 0.5) is 0 Å². The van der Waals surface area contributed by atoms with E-state index in [-0.39, 0.29) is 12.5 Å². The molecular weight excluding hydrogens is 306 g/mol. The van der Waals surface area contributed by atoms with Gasteiger partial charge in [-0.1, -0.05) is 26.0 Å². The van der Waals surface area contributed by atoms with Gasteiger partial charge in [-0.2, -0.15) is 5.10 Å². The quantitative estimate of drug-likeness (QED) is 0.847. The second-order valence-electron chi connectivity index (χ2n) is 5.99. The number of carbonyl (C=O) groups excluding carboxylic acids is 1. The van der Waals surface area contributed by atoms with Crippen LogP contribution < -0.4 is 14.8 Å².